The highest BCUT2D eigenvalue weighted by atomic mass is 16.4. The number of carboxylic acid groups (broad SMARTS) is 1. The molecular weight excluding hydrogens is 314 g/mol. The molecule has 0 rings (SSSR count). The average Bonchev–Trinajstić information content (AvgIpc) is 2.42. The molecule has 0 spiro atoms. The molecule has 0 radical (unpaired) electrons. The van der Waals surface area contributed by atoms with Gasteiger partial charge in [-0.25, -0.2) is 5.01 Å². The van der Waals surface area contributed by atoms with E-state index in [9.17, 15) is 14.4 Å². The van der Waals surface area contributed by atoms with Crippen LogP contribution in [0.4, 0.5) is 0 Å². The van der Waals surface area contributed by atoms with Gasteiger partial charge in [0.25, 0.3) is 0 Å². The number of carbonyl (C=O) groups excluding carboxylic acids is 2. The Balaban J connectivity index is 4.56. The number of hydrazine groups is 1. The van der Waals surface area contributed by atoms with Crippen molar-refractivity contribution in [3.8, 4) is 0 Å². The molecule has 0 aromatic carbocycles. The summed E-state index contributed by atoms with van der Waals surface area (Å²) in [6.07, 6.45) is 1.79. The summed E-state index contributed by atoms with van der Waals surface area (Å²) in [5.74, 6) is -1.43. The molecule has 0 aromatic rings. The predicted octanol–water partition coefficient (Wildman–Crippen LogP) is -0.979. The van der Waals surface area contributed by atoms with Crippen LogP contribution in [0.15, 0.2) is 0 Å². The lowest BCUT2D eigenvalue weighted by Crippen LogP contribution is -2.49. The Hall–Kier alpha value is -1.71. The lowest BCUT2D eigenvalue weighted by Gasteiger charge is -2.23. The Labute approximate surface area is 143 Å². The van der Waals surface area contributed by atoms with E-state index >= 15 is 0 Å². The summed E-state index contributed by atoms with van der Waals surface area (Å²) in [4.78, 5) is 34.7. The molecule has 0 saturated carbocycles. The molecule has 0 aromatic heterocycles. The van der Waals surface area contributed by atoms with Crippen LogP contribution in [-0.4, -0.2) is 60.1 Å². The van der Waals surface area contributed by atoms with Crippen molar-refractivity contribution >= 4 is 17.8 Å². The lowest BCUT2D eigenvalue weighted by atomic mass is 10.0. The number of nitrogens with one attached hydrogen (secondary N) is 2. The van der Waals surface area contributed by atoms with Gasteiger partial charge in [0.15, 0.2) is 0 Å². The summed E-state index contributed by atoms with van der Waals surface area (Å²) in [6, 6.07) is -1.01. The van der Waals surface area contributed by atoms with Gasteiger partial charge in [0, 0.05) is 19.5 Å². The van der Waals surface area contributed by atoms with Crippen LogP contribution >= 0.6 is 0 Å². The fourth-order valence-corrected chi connectivity index (χ4v) is 2.24. The molecule has 0 aliphatic rings. The molecule has 0 fully saturated rings. The number of hydrogen-bond donors (Lipinski definition) is 5. The van der Waals surface area contributed by atoms with Crippen molar-refractivity contribution in [3.05, 3.63) is 0 Å². The van der Waals surface area contributed by atoms with Gasteiger partial charge >= 0.3 is 5.97 Å². The van der Waals surface area contributed by atoms with Crippen LogP contribution in [0.3, 0.4) is 0 Å². The van der Waals surface area contributed by atoms with Crippen LogP contribution in [-0.2, 0) is 14.4 Å². The lowest BCUT2D eigenvalue weighted by molar-refractivity contribution is -0.139. The monoisotopic (exact) mass is 345 g/mol. The van der Waals surface area contributed by atoms with Crippen LogP contribution < -0.4 is 22.2 Å². The number of rotatable bonds is 12. The second-order valence-corrected chi connectivity index (χ2v) is 6.36. The Morgan fingerprint density at radius 2 is 1.88 bits per heavy atom. The largest absolute Gasteiger partial charge is 0.480 e. The molecule has 0 aliphatic carbocycles. The van der Waals surface area contributed by atoms with E-state index in [1.165, 1.54) is 12.1 Å². The first kappa shape index (κ1) is 22.3. The van der Waals surface area contributed by atoms with Crippen LogP contribution in [0.2, 0.25) is 0 Å². The maximum absolute atomic E-state index is 12.1. The fraction of sp³-hybridized carbons (Fsp3) is 0.800. The minimum absolute atomic E-state index is 0.0318. The summed E-state index contributed by atoms with van der Waals surface area (Å²) in [6.45, 7) is 4.09. The molecule has 0 unspecified atom stereocenters. The normalized spacial score (nSPS) is 13.6. The summed E-state index contributed by atoms with van der Waals surface area (Å²) in [5, 5.41) is 12.6. The molecule has 0 saturated heterocycles. The van der Waals surface area contributed by atoms with Crippen molar-refractivity contribution in [1.82, 2.24) is 15.8 Å². The molecule has 0 heterocycles. The average molecular weight is 345 g/mol. The summed E-state index contributed by atoms with van der Waals surface area (Å²) in [5.41, 5.74) is 13.8. The Bertz CT molecular complexity index is 417. The number of aliphatic carboxylic acids is 1. The molecule has 9 nitrogen and oxygen atoms in total. The van der Waals surface area contributed by atoms with E-state index in [0.29, 0.717) is 31.7 Å². The summed E-state index contributed by atoms with van der Waals surface area (Å²) < 4.78 is 0. The zero-order valence-electron chi connectivity index (χ0n) is 14.7. The van der Waals surface area contributed by atoms with E-state index in [1.54, 1.807) is 0 Å². The second kappa shape index (κ2) is 11.8. The van der Waals surface area contributed by atoms with Crippen LogP contribution in [0.1, 0.15) is 39.5 Å². The number of amides is 2. The van der Waals surface area contributed by atoms with Crippen LogP contribution in [0.25, 0.3) is 0 Å². The van der Waals surface area contributed by atoms with Crippen molar-refractivity contribution in [1.29, 1.82) is 0 Å². The highest BCUT2D eigenvalue weighted by Crippen LogP contribution is 2.06. The van der Waals surface area contributed by atoms with Gasteiger partial charge in [0.2, 0.25) is 11.8 Å². The van der Waals surface area contributed by atoms with E-state index in [2.05, 4.69) is 10.7 Å². The Morgan fingerprint density at radius 1 is 1.25 bits per heavy atom. The fourth-order valence-electron chi connectivity index (χ4n) is 2.24. The zero-order chi connectivity index (χ0) is 18.7. The van der Waals surface area contributed by atoms with Gasteiger partial charge in [0.1, 0.15) is 6.54 Å². The Kier molecular flexibility index (Phi) is 10.9. The molecule has 0 bridgehead atoms. The van der Waals surface area contributed by atoms with Crippen LogP contribution in [0.5, 0.6) is 0 Å². The number of hydrogen-bond acceptors (Lipinski definition) is 6. The third-order valence-corrected chi connectivity index (χ3v) is 3.28. The highest BCUT2D eigenvalue weighted by Gasteiger charge is 2.21. The van der Waals surface area contributed by atoms with Gasteiger partial charge in [-0.2, -0.15) is 0 Å². The number of carboxylic acids is 1. The minimum atomic E-state index is -1.05. The SMILES string of the molecule is CC(C)C[C@@H](N)C(=O)N[C@@H](CCCN)CC(=O)NN(C)CC(=O)O. The minimum Gasteiger partial charge on any atom is -0.480 e. The number of nitrogens with zero attached hydrogens (tertiary/aromatic N) is 1. The quantitative estimate of drug-likeness (QED) is 0.285. The summed E-state index contributed by atoms with van der Waals surface area (Å²) in [7, 11) is 1.46. The molecule has 2 amide bonds. The van der Waals surface area contributed by atoms with Gasteiger partial charge < -0.3 is 21.9 Å². The van der Waals surface area contributed by atoms with E-state index in [1.807, 2.05) is 13.8 Å². The first-order chi connectivity index (χ1) is 11.1. The van der Waals surface area contributed by atoms with Crippen molar-refractivity contribution in [2.24, 2.45) is 17.4 Å². The molecule has 7 N–H and O–H groups in total. The molecule has 2 atom stereocenters. The van der Waals surface area contributed by atoms with Crippen molar-refractivity contribution in [2.45, 2.75) is 51.6 Å². The zero-order valence-corrected chi connectivity index (χ0v) is 14.7. The summed E-state index contributed by atoms with van der Waals surface area (Å²) >= 11 is 0. The Morgan fingerprint density at radius 3 is 2.38 bits per heavy atom. The maximum atomic E-state index is 12.1. The molecule has 24 heavy (non-hydrogen) atoms. The first-order valence-corrected chi connectivity index (χ1v) is 8.14. The first-order valence-electron chi connectivity index (χ1n) is 8.14. The topological polar surface area (TPSA) is 151 Å². The molecule has 9 heteroatoms. The van der Waals surface area contributed by atoms with E-state index in [0.717, 1.165) is 0 Å². The van der Waals surface area contributed by atoms with Gasteiger partial charge in [0.05, 0.1) is 6.04 Å². The van der Waals surface area contributed by atoms with Crippen molar-refractivity contribution < 1.29 is 19.5 Å². The second-order valence-electron chi connectivity index (χ2n) is 6.36. The number of nitrogens with two attached hydrogens (primary N) is 2. The highest BCUT2D eigenvalue weighted by molar-refractivity contribution is 5.83. The third-order valence-electron chi connectivity index (χ3n) is 3.28. The van der Waals surface area contributed by atoms with Crippen molar-refractivity contribution in [2.75, 3.05) is 20.1 Å². The van der Waals surface area contributed by atoms with E-state index < -0.39 is 18.1 Å². The number of likely N-dealkylation sites (N-methyl/N-ethyl adjacent to an activating group) is 1. The molecule has 140 valence electrons. The smallest absolute Gasteiger partial charge is 0.319 e. The van der Waals surface area contributed by atoms with Crippen molar-refractivity contribution in [3.63, 3.8) is 0 Å². The number of carbonyl (C=O) groups is 3. The van der Waals surface area contributed by atoms with Gasteiger partial charge in [-0.1, -0.05) is 13.8 Å². The molecular formula is C15H31N5O4. The van der Waals surface area contributed by atoms with Crippen LogP contribution in [0, 0.1) is 5.92 Å². The third kappa shape index (κ3) is 10.9. The van der Waals surface area contributed by atoms with E-state index in [4.69, 9.17) is 16.6 Å². The van der Waals surface area contributed by atoms with Gasteiger partial charge in [-0.15, -0.1) is 0 Å². The van der Waals surface area contributed by atoms with Gasteiger partial charge in [-0.05, 0) is 31.7 Å². The maximum Gasteiger partial charge on any atom is 0.319 e. The standard InChI is InChI=1S/C15H31N5O4/c1-10(2)7-12(17)15(24)18-11(5-4-6-16)8-13(21)19-20(3)9-14(22)23/h10-12H,4-9,16-17H2,1-3H3,(H,18,24)(H,19,21)(H,22,23)/t11-,12+/m0/s1. The van der Waals surface area contributed by atoms with Gasteiger partial charge in [-0.3, -0.25) is 19.8 Å². The molecule has 0 aliphatic heterocycles. The van der Waals surface area contributed by atoms with E-state index in [-0.39, 0.29) is 24.8 Å². The predicted molar refractivity (Wildman–Crippen MR) is 90.7 cm³/mol.